The predicted molar refractivity (Wildman–Crippen MR) is 95.8 cm³/mol. The maximum atomic E-state index is 12.4. The number of aromatic hydroxyl groups is 1. The normalized spacial score (nSPS) is 14.0. The van der Waals surface area contributed by atoms with Gasteiger partial charge in [0.1, 0.15) is 6.61 Å². The summed E-state index contributed by atoms with van der Waals surface area (Å²) in [5, 5.41) is 10.9. The summed E-state index contributed by atoms with van der Waals surface area (Å²) < 4.78 is 5.68. The fraction of sp³-hybridized carbons (Fsp3) is 0.333. The number of halogens is 1. The number of hydrogen-bond acceptors (Lipinski definition) is 5. The number of likely N-dealkylation sites (N-methyl/N-ethyl adjacent to an activating group) is 1. The maximum absolute atomic E-state index is 12.4. The van der Waals surface area contributed by atoms with Crippen LogP contribution < -0.4 is 4.74 Å². The van der Waals surface area contributed by atoms with Gasteiger partial charge < -0.3 is 19.6 Å². The molecule has 0 aliphatic carbocycles. The number of hydrogen-bond donors (Lipinski definition) is 1. The van der Waals surface area contributed by atoms with Gasteiger partial charge in [0, 0.05) is 23.9 Å². The summed E-state index contributed by atoms with van der Waals surface area (Å²) >= 11 is 5.88. The van der Waals surface area contributed by atoms with Crippen LogP contribution in [-0.4, -0.2) is 59.6 Å². The van der Waals surface area contributed by atoms with E-state index >= 15 is 0 Å². The molecular formula is C18H20ClN3O3. The highest BCUT2D eigenvalue weighted by Gasteiger charge is 2.23. The number of ether oxygens (including phenoxy) is 1. The number of rotatable bonds is 3. The van der Waals surface area contributed by atoms with Crippen molar-refractivity contribution in [3.8, 4) is 22.8 Å². The van der Waals surface area contributed by atoms with Gasteiger partial charge in [-0.2, -0.15) is 0 Å². The highest BCUT2D eigenvalue weighted by molar-refractivity contribution is 6.30. The molecule has 1 amide bonds. The first-order valence-corrected chi connectivity index (χ1v) is 8.35. The van der Waals surface area contributed by atoms with Crippen molar-refractivity contribution in [2.75, 3.05) is 33.8 Å². The molecule has 1 aliphatic rings. The van der Waals surface area contributed by atoms with Gasteiger partial charge in [0.2, 0.25) is 5.91 Å². The summed E-state index contributed by atoms with van der Waals surface area (Å²) in [6, 6.07) is 7.05. The Balaban J connectivity index is 1.93. The Morgan fingerprint density at radius 2 is 2.20 bits per heavy atom. The molecule has 2 heterocycles. The average Bonchev–Trinajstić information content (AvgIpc) is 2.77. The summed E-state index contributed by atoms with van der Waals surface area (Å²) in [7, 11) is 3.71. The SMILES string of the molecule is CN(C)CC(=O)N1CCOc2c(O)cc(-c3ccc(Cl)cn3)cc2C1. The van der Waals surface area contributed by atoms with Crippen molar-refractivity contribution in [3.05, 3.63) is 41.0 Å². The van der Waals surface area contributed by atoms with E-state index in [1.165, 1.54) is 0 Å². The number of pyridine rings is 1. The van der Waals surface area contributed by atoms with Gasteiger partial charge in [-0.15, -0.1) is 0 Å². The second kappa shape index (κ2) is 7.29. The molecule has 25 heavy (non-hydrogen) atoms. The second-order valence-corrected chi connectivity index (χ2v) is 6.68. The summed E-state index contributed by atoms with van der Waals surface area (Å²) in [5.41, 5.74) is 2.20. The third-order valence-corrected chi connectivity index (χ3v) is 4.17. The number of fused-ring (bicyclic) bond motifs is 1. The highest BCUT2D eigenvalue weighted by Crippen LogP contribution is 2.37. The van der Waals surface area contributed by atoms with E-state index < -0.39 is 0 Å². The molecule has 7 heteroatoms. The molecule has 0 fully saturated rings. The quantitative estimate of drug-likeness (QED) is 0.909. The van der Waals surface area contributed by atoms with E-state index in [2.05, 4.69) is 4.98 Å². The van der Waals surface area contributed by atoms with Crippen LogP contribution in [0.5, 0.6) is 11.5 Å². The molecule has 1 N–H and O–H groups in total. The molecule has 1 aromatic heterocycles. The van der Waals surface area contributed by atoms with Crippen LogP contribution in [0.1, 0.15) is 5.56 Å². The Kier molecular flexibility index (Phi) is 5.11. The van der Waals surface area contributed by atoms with Crippen LogP contribution in [-0.2, 0) is 11.3 Å². The summed E-state index contributed by atoms with van der Waals surface area (Å²) in [6.45, 7) is 1.55. The van der Waals surface area contributed by atoms with Gasteiger partial charge in [-0.1, -0.05) is 11.6 Å². The average molecular weight is 362 g/mol. The van der Waals surface area contributed by atoms with Gasteiger partial charge >= 0.3 is 0 Å². The van der Waals surface area contributed by atoms with Crippen molar-refractivity contribution in [3.63, 3.8) is 0 Å². The van der Waals surface area contributed by atoms with Crippen molar-refractivity contribution in [2.45, 2.75) is 6.54 Å². The van der Waals surface area contributed by atoms with Gasteiger partial charge in [-0.25, -0.2) is 0 Å². The first kappa shape index (κ1) is 17.5. The summed E-state index contributed by atoms with van der Waals surface area (Å²) in [6.07, 6.45) is 1.56. The zero-order valence-corrected chi connectivity index (χ0v) is 15.0. The second-order valence-electron chi connectivity index (χ2n) is 6.25. The van der Waals surface area contributed by atoms with E-state index in [4.69, 9.17) is 16.3 Å². The van der Waals surface area contributed by atoms with Crippen LogP contribution in [0.3, 0.4) is 0 Å². The van der Waals surface area contributed by atoms with Crippen molar-refractivity contribution in [1.29, 1.82) is 0 Å². The van der Waals surface area contributed by atoms with Crippen LogP contribution in [0.25, 0.3) is 11.3 Å². The molecule has 1 aliphatic heterocycles. The smallest absolute Gasteiger partial charge is 0.237 e. The number of carbonyl (C=O) groups excluding carboxylic acids is 1. The fourth-order valence-electron chi connectivity index (χ4n) is 2.78. The van der Waals surface area contributed by atoms with E-state index in [0.717, 1.165) is 11.1 Å². The molecule has 0 unspecified atom stereocenters. The molecule has 1 aromatic carbocycles. The van der Waals surface area contributed by atoms with Gasteiger partial charge in [-0.05, 0) is 38.4 Å². The third kappa shape index (κ3) is 4.03. The molecule has 6 nitrogen and oxygen atoms in total. The summed E-state index contributed by atoms with van der Waals surface area (Å²) in [4.78, 5) is 20.2. The number of amides is 1. The molecular weight excluding hydrogens is 342 g/mol. The molecule has 3 rings (SSSR count). The number of phenols is 1. The predicted octanol–water partition coefficient (Wildman–Crippen LogP) is 2.39. The van der Waals surface area contributed by atoms with E-state index in [1.54, 1.807) is 29.3 Å². The van der Waals surface area contributed by atoms with Crippen LogP contribution in [0.2, 0.25) is 5.02 Å². The molecule has 0 bridgehead atoms. The zero-order chi connectivity index (χ0) is 18.0. The minimum atomic E-state index is 0.0240. The van der Waals surface area contributed by atoms with E-state index in [-0.39, 0.29) is 11.7 Å². The molecule has 0 saturated heterocycles. The van der Waals surface area contributed by atoms with Crippen LogP contribution in [0.15, 0.2) is 30.5 Å². The van der Waals surface area contributed by atoms with Crippen molar-refractivity contribution < 1.29 is 14.6 Å². The first-order chi connectivity index (χ1) is 11.9. The van der Waals surface area contributed by atoms with Crippen LogP contribution in [0, 0.1) is 0 Å². The zero-order valence-electron chi connectivity index (χ0n) is 14.2. The monoisotopic (exact) mass is 361 g/mol. The summed E-state index contributed by atoms with van der Waals surface area (Å²) in [5.74, 6) is 0.500. The lowest BCUT2D eigenvalue weighted by atomic mass is 10.0. The Bertz CT molecular complexity index is 778. The molecule has 0 radical (unpaired) electrons. The standard InChI is InChI=1S/C18H20ClN3O3/c1-21(2)11-17(24)22-5-6-25-18-13(10-22)7-12(8-16(18)23)15-4-3-14(19)9-20-15/h3-4,7-9,23H,5-6,10-11H2,1-2H3. The number of carbonyl (C=O) groups is 1. The van der Waals surface area contributed by atoms with E-state index in [9.17, 15) is 9.90 Å². The molecule has 0 saturated carbocycles. The molecule has 2 aromatic rings. The van der Waals surface area contributed by atoms with Crippen LogP contribution in [0.4, 0.5) is 0 Å². The number of phenolic OH excluding ortho intramolecular Hbond substituents is 1. The fourth-order valence-corrected chi connectivity index (χ4v) is 2.89. The Morgan fingerprint density at radius 3 is 2.88 bits per heavy atom. The molecule has 0 spiro atoms. The minimum Gasteiger partial charge on any atom is -0.504 e. The Hall–Kier alpha value is -2.31. The lowest BCUT2D eigenvalue weighted by molar-refractivity contribution is -0.132. The van der Waals surface area contributed by atoms with Gasteiger partial charge in [0.25, 0.3) is 0 Å². The number of aromatic nitrogens is 1. The number of nitrogens with zero attached hydrogens (tertiary/aromatic N) is 3. The topological polar surface area (TPSA) is 65.9 Å². The molecule has 0 atom stereocenters. The minimum absolute atomic E-state index is 0.0240. The van der Waals surface area contributed by atoms with E-state index in [0.29, 0.717) is 42.7 Å². The van der Waals surface area contributed by atoms with Crippen LogP contribution >= 0.6 is 11.6 Å². The lowest BCUT2D eigenvalue weighted by Crippen LogP contribution is -2.38. The lowest BCUT2D eigenvalue weighted by Gasteiger charge is -2.22. The maximum Gasteiger partial charge on any atom is 0.237 e. The Labute approximate surface area is 151 Å². The van der Waals surface area contributed by atoms with E-state index in [1.807, 2.05) is 25.1 Å². The van der Waals surface area contributed by atoms with Gasteiger partial charge in [0.15, 0.2) is 11.5 Å². The number of benzene rings is 1. The highest BCUT2D eigenvalue weighted by atomic mass is 35.5. The Morgan fingerprint density at radius 1 is 1.40 bits per heavy atom. The third-order valence-electron chi connectivity index (χ3n) is 3.94. The van der Waals surface area contributed by atoms with Gasteiger partial charge in [0.05, 0.1) is 23.8 Å². The first-order valence-electron chi connectivity index (χ1n) is 7.97. The van der Waals surface area contributed by atoms with Crippen molar-refractivity contribution in [1.82, 2.24) is 14.8 Å². The van der Waals surface area contributed by atoms with Gasteiger partial charge in [-0.3, -0.25) is 9.78 Å². The largest absolute Gasteiger partial charge is 0.504 e. The van der Waals surface area contributed by atoms with Crippen molar-refractivity contribution in [2.24, 2.45) is 0 Å². The van der Waals surface area contributed by atoms with Crippen molar-refractivity contribution >= 4 is 17.5 Å². The molecule has 132 valence electrons.